The van der Waals surface area contributed by atoms with Gasteiger partial charge >= 0.3 is 5.97 Å². The number of hydrogen-bond donors (Lipinski definition) is 2. The molecule has 1 rings (SSSR count). The molecule has 0 unspecified atom stereocenters. The summed E-state index contributed by atoms with van der Waals surface area (Å²) in [5.74, 6) is -0.650. The molecule has 0 aliphatic carbocycles. The molecule has 0 aliphatic heterocycles. The van der Waals surface area contributed by atoms with Crippen LogP contribution in [0.1, 0.15) is 32.5 Å². The highest BCUT2D eigenvalue weighted by atomic mass is 32.2. The molecule has 0 bridgehead atoms. The van der Waals surface area contributed by atoms with Crippen LogP contribution >= 0.6 is 0 Å². The van der Waals surface area contributed by atoms with Crippen molar-refractivity contribution >= 4 is 16.0 Å². The Morgan fingerprint density at radius 1 is 1.47 bits per heavy atom. The van der Waals surface area contributed by atoms with E-state index in [0.29, 0.717) is 5.82 Å². The average Bonchev–Trinajstić information content (AvgIpc) is 2.67. The van der Waals surface area contributed by atoms with Crippen LogP contribution in [0.4, 0.5) is 0 Å². The molecule has 0 aliphatic rings. The topological polar surface area (TPSA) is 101 Å². The molecule has 1 aromatic heterocycles. The Balaban J connectivity index is 3.18. The van der Waals surface area contributed by atoms with Gasteiger partial charge in [0.1, 0.15) is 11.4 Å². The largest absolute Gasteiger partial charge is 0.480 e. The number of carboxylic acid groups (broad SMARTS) is 1. The molecule has 0 radical (unpaired) electrons. The summed E-state index contributed by atoms with van der Waals surface area (Å²) in [6, 6.07) is 0. The van der Waals surface area contributed by atoms with E-state index >= 15 is 0 Å². The van der Waals surface area contributed by atoms with Gasteiger partial charge in [-0.25, -0.2) is 13.4 Å². The number of aliphatic carboxylic acids is 1. The van der Waals surface area contributed by atoms with Crippen molar-refractivity contribution in [3.05, 3.63) is 12.0 Å². The molecular weight excluding hydrogens is 270 g/mol. The van der Waals surface area contributed by atoms with Gasteiger partial charge in [-0.3, -0.25) is 4.79 Å². The van der Waals surface area contributed by atoms with Gasteiger partial charge in [-0.2, -0.15) is 4.72 Å². The summed E-state index contributed by atoms with van der Waals surface area (Å²) in [5, 5.41) is 9.07. The monoisotopic (exact) mass is 289 g/mol. The first kappa shape index (κ1) is 15.6. The first-order chi connectivity index (χ1) is 8.68. The number of imidazole rings is 1. The van der Waals surface area contributed by atoms with Crippen molar-refractivity contribution in [2.45, 2.75) is 44.2 Å². The minimum absolute atomic E-state index is 0.157. The van der Waals surface area contributed by atoms with Crippen LogP contribution in [0.25, 0.3) is 0 Å². The molecule has 1 aromatic rings. The van der Waals surface area contributed by atoms with Crippen molar-refractivity contribution in [3.63, 3.8) is 0 Å². The van der Waals surface area contributed by atoms with Gasteiger partial charge in [0.25, 0.3) is 10.0 Å². The fraction of sp³-hybridized carbons (Fsp3) is 0.636. The Hall–Kier alpha value is -1.41. The Morgan fingerprint density at radius 2 is 2.00 bits per heavy atom. The molecule has 1 heterocycles. The molecular formula is C11H19N3O4S. The van der Waals surface area contributed by atoms with Gasteiger partial charge in [0.05, 0.1) is 0 Å². The highest BCUT2D eigenvalue weighted by Crippen LogP contribution is 2.19. The van der Waals surface area contributed by atoms with Gasteiger partial charge in [0.15, 0.2) is 5.03 Å². The van der Waals surface area contributed by atoms with Crippen molar-refractivity contribution in [3.8, 4) is 0 Å². The van der Waals surface area contributed by atoms with Crippen LogP contribution in [0.2, 0.25) is 0 Å². The SMILES string of the molecule is CCC(CC)(NS(=O)(=O)c1cn(C)c(C)n1)C(=O)O. The second-order valence-corrected chi connectivity index (χ2v) is 6.07. The quantitative estimate of drug-likeness (QED) is 0.800. The summed E-state index contributed by atoms with van der Waals surface area (Å²) in [5.41, 5.74) is -1.50. The highest BCUT2D eigenvalue weighted by molar-refractivity contribution is 7.89. The van der Waals surface area contributed by atoms with Crippen LogP contribution in [0.5, 0.6) is 0 Å². The number of aryl methyl sites for hydroxylation is 2. The van der Waals surface area contributed by atoms with Crippen LogP contribution < -0.4 is 4.72 Å². The standard InChI is InChI=1S/C11H19N3O4S/c1-5-11(6-2,10(15)16)13-19(17,18)9-7-14(4)8(3)12-9/h7,13H,5-6H2,1-4H3,(H,15,16). The lowest BCUT2D eigenvalue weighted by molar-refractivity contribution is -0.144. The van der Waals surface area contributed by atoms with Gasteiger partial charge in [-0.05, 0) is 19.8 Å². The molecule has 0 aromatic carbocycles. The third-order valence-electron chi connectivity index (χ3n) is 3.31. The predicted octanol–water partition coefficient (Wildman–Crippen LogP) is 0.650. The fourth-order valence-corrected chi connectivity index (χ4v) is 3.25. The van der Waals surface area contributed by atoms with Crippen molar-refractivity contribution in [2.75, 3.05) is 0 Å². The van der Waals surface area contributed by atoms with E-state index in [0.717, 1.165) is 0 Å². The van der Waals surface area contributed by atoms with Crippen molar-refractivity contribution < 1.29 is 18.3 Å². The number of carboxylic acids is 1. The van der Waals surface area contributed by atoms with E-state index < -0.39 is 21.5 Å². The second kappa shape index (κ2) is 5.30. The zero-order chi connectivity index (χ0) is 14.8. The molecule has 0 fully saturated rings. The number of sulfonamides is 1. The van der Waals surface area contributed by atoms with E-state index in [1.165, 1.54) is 6.20 Å². The van der Waals surface area contributed by atoms with E-state index in [-0.39, 0.29) is 17.9 Å². The van der Waals surface area contributed by atoms with E-state index in [1.807, 2.05) is 0 Å². The minimum atomic E-state index is -3.95. The predicted molar refractivity (Wildman–Crippen MR) is 69.2 cm³/mol. The number of nitrogens with one attached hydrogen (secondary N) is 1. The summed E-state index contributed by atoms with van der Waals surface area (Å²) in [7, 11) is -2.28. The second-order valence-electron chi connectivity index (χ2n) is 4.44. The molecule has 108 valence electrons. The maximum Gasteiger partial charge on any atom is 0.324 e. The van der Waals surface area contributed by atoms with E-state index in [2.05, 4.69) is 9.71 Å². The summed E-state index contributed by atoms with van der Waals surface area (Å²) in [6.45, 7) is 4.93. The maximum atomic E-state index is 12.2. The first-order valence-electron chi connectivity index (χ1n) is 5.96. The number of carbonyl (C=O) groups is 1. The zero-order valence-electron chi connectivity index (χ0n) is 11.5. The molecule has 0 saturated heterocycles. The molecule has 2 N–H and O–H groups in total. The lowest BCUT2D eigenvalue weighted by Gasteiger charge is -2.27. The Labute approximate surface area is 112 Å². The average molecular weight is 289 g/mol. The van der Waals surface area contributed by atoms with Gasteiger partial charge in [-0.15, -0.1) is 0 Å². The lowest BCUT2D eigenvalue weighted by Crippen LogP contribution is -2.53. The minimum Gasteiger partial charge on any atom is -0.480 e. The van der Waals surface area contributed by atoms with E-state index in [4.69, 9.17) is 0 Å². The number of aromatic nitrogens is 2. The molecule has 8 heteroatoms. The molecule has 19 heavy (non-hydrogen) atoms. The number of rotatable bonds is 6. The smallest absolute Gasteiger partial charge is 0.324 e. The normalized spacial score (nSPS) is 12.6. The lowest BCUT2D eigenvalue weighted by atomic mass is 9.95. The Morgan fingerprint density at radius 3 is 2.32 bits per heavy atom. The van der Waals surface area contributed by atoms with Crippen LogP contribution in [0, 0.1) is 6.92 Å². The number of hydrogen-bond acceptors (Lipinski definition) is 4. The molecule has 0 spiro atoms. The highest BCUT2D eigenvalue weighted by Gasteiger charge is 2.40. The summed E-state index contributed by atoms with van der Waals surface area (Å²) in [6.07, 6.45) is 1.67. The summed E-state index contributed by atoms with van der Waals surface area (Å²) in [4.78, 5) is 15.2. The molecule has 7 nitrogen and oxygen atoms in total. The van der Waals surface area contributed by atoms with E-state index in [1.54, 1.807) is 32.4 Å². The third-order valence-corrected chi connectivity index (χ3v) is 4.71. The molecule has 0 amide bonds. The van der Waals surface area contributed by atoms with Crippen molar-refractivity contribution in [1.29, 1.82) is 0 Å². The first-order valence-corrected chi connectivity index (χ1v) is 7.44. The zero-order valence-corrected chi connectivity index (χ0v) is 12.3. The Kier molecular flexibility index (Phi) is 4.36. The number of nitrogens with zero attached hydrogens (tertiary/aromatic N) is 2. The molecule has 0 saturated carbocycles. The van der Waals surface area contributed by atoms with Crippen LogP contribution in [0.3, 0.4) is 0 Å². The maximum absolute atomic E-state index is 12.2. The van der Waals surface area contributed by atoms with Gasteiger partial charge in [0, 0.05) is 13.2 Å². The fourth-order valence-electron chi connectivity index (χ4n) is 1.71. The van der Waals surface area contributed by atoms with E-state index in [9.17, 15) is 18.3 Å². The molecule has 0 atom stereocenters. The third kappa shape index (κ3) is 2.95. The van der Waals surface area contributed by atoms with Gasteiger partial charge in [0.2, 0.25) is 0 Å². The summed E-state index contributed by atoms with van der Waals surface area (Å²) >= 11 is 0. The summed E-state index contributed by atoms with van der Waals surface area (Å²) < 4.78 is 28.2. The van der Waals surface area contributed by atoms with Crippen LogP contribution in [0.15, 0.2) is 11.2 Å². The van der Waals surface area contributed by atoms with Crippen LogP contribution in [-0.4, -0.2) is 34.6 Å². The van der Waals surface area contributed by atoms with Crippen molar-refractivity contribution in [1.82, 2.24) is 14.3 Å². The Bertz CT molecular complexity index is 553. The van der Waals surface area contributed by atoms with Gasteiger partial charge < -0.3 is 9.67 Å². The van der Waals surface area contributed by atoms with Crippen molar-refractivity contribution in [2.24, 2.45) is 7.05 Å². The van der Waals surface area contributed by atoms with Gasteiger partial charge in [-0.1, -0.05) is 13.8 Å². The van der Waals surface area contributed by atoms with Crippen LogP contribution in [-0.2, 0) is 21.9 Å².